The quantitative estimate of drug-likeness (QED) is 0.753. The summed E-state index contributed by atoms with van der Waals surface area (Å²) in [6, 6.07) is 3.51. The molecule has 1 N–H and O–H groups in total. The Morgan fingerprint density at radius 2 is 2.47 bits per heavy atom. The van der Waals surface area contributed by atoms with Gasteiger partial charge >= 0.3 is 0 Å². The number of aliphatic hydroxyl groups excluding tert-OH is 1. The maximum absolute atomic E-state index is 11.7. The Kier molecular flexibility index (Phi) is 2.55. The molecule has 0 fully saturated rings. The predicted octanol–water partition coefficient (Wildman–Crippen LogP) is 0.188. The normalized spacial score (nSPS) is 19.7. The molecule has 0 aliphatic carbocycles. The van der Waals surface area contributed by atoms with Crippen molar-refractivity contribution in [2.75, 3.05) is 18.6 Å². The molecule has 1 amide bonds. The number of aliphatic hydroxyl groups is 1. The van der Waals surface area contributed by atoms with Gasteiger partial charge in [0.25, 0.3) is 5.91 Å². The molecule has 15 heavy (non-hydrogen) atoms. The van der Waals surface area contributed by atoms with Crippen molar-refractivity contribution < 1.29 is 14.6 Å². The number of rotatable bonds is 2. The van der Waals surface area contributed by atoms with Crippen molar-refractivity contribution in [3.05, 3.63) is 18.3 Å². The van der Waals surface area contributed by atoms with Gasteiger partial charge in [-0.25, -0.2) is 4.98 Å². The second kappa shape index (κ2) is 3.86. The molecule has 0 bridgehead atoms. The van der Waals surface area contributed by atoms with Gasteiger partial charge in [0, 0.05) is 26.3 Å². The molecular weight excluding hydrogens is 196 g/mol. The van der Waals surface area contributed by atoms with Gasteiger partial charge in [-0.1, -0.05) is 0 Å². The van der Waals surface area contributed by atoms with Crippen molar-refractivity contribution in [3.8, 4) is 5.75 Å². The summed E-state index contributed by atoms with van der Waals surface area (Å²) in [5.41, 5.74) is 0. The first-order chi connectivity index (χ1) is 7.24. The van der Waals surface area contributed by atoms with E-state index in [4.69, 9.17) is 9.84 Å². The summed E-state index contributed by atoms with van der Waals surface area (Å²) < 4.78 is 5.44. The third-order valence-electron chi connectivity index (χ3n) is 2.34. The van der Waals surface area contributed by atoms with Crippen molar-refractivity contribution in [1.29, 1.82) is 0 Å². The number of hydrogen-bond donors (Lipinski definition) is 1. The first-order valence-corrected chi connectivity index (χ1v) is 4.74. The Bertz CT molecular complexity index is 381. The third kappa shape index (κ3) is 1.66. The molecule has 1 aromatic heterocycles. The van der Waals surface area contributed by atoms with Crippen molar-refractivity contribution in [2.24, 2.45) is 0 Å². The molecule has 5 nitrogen and oxygen atoms in total. The fourth-order valence-electron chi connectivity index (χ4n) is 1.55. The molecule has 1 aliphatic rings. The van der Waals surface area contributed by atoms with E-state index in [2.05, 4.69) is 4.98 Å². The van der Waals surface area contributed by atoms with Gasteiger partial charge in [0.15, 0.2) is 17.7 Å². The Morgan fingerprint density at radius 1 is 1.67 bits per heavy atom. The Morgan fingerprint density at radius 3 is 3.20 bits per heavy atom. The number of likely N-dealkylation sites (N-methyl/N-ethyl adjacent to an activating group) is 1. The van der Waals surface area contributed by atoms with Crippen LogP contribution in [0, 0.1) is 0 Å². The average Bonchev–Trinajstić information content (AvgIpc) is 2.26. The first kappa shape index (κ1) is 9.92. The molecule has 0 saturated heterocycles. The molecule has 1 atom stereocenters. The molecule has 1 aromatic rings. The van der Waals surface area contributed by atoms with E-state index in [0.717, 1.165) is 0 Å². The predicted molar refractivity (Wildman–Crippen MR) is 53.8 cm³/mol. The number of fused-ring (bicyclic) bond motifs is 1. The van der Waals surface area contributed by atoms with Crippen LogP contribution in [0.25, 0.3) is 0 Å². The molecule has 2 rings (SSSR count). The first-order valence-electron chi connectivity index (χ1n) is 4.74. The number of ether oxygens (including phenoxy) is 1. The van der Waals surface area contributed by atoms with Gasteiger partial charge in [-0.3, -0.25) is 9.69 Å². The largest absolute Gasteiger partial charge is 0.477 e. The van der Waals surface area contributed by atoms with E-state index in [1.54, 1.807) is 25.4 Å². The van der Waals surface area contributed by atoms with Crippen LogP contribution >= 0.6 is 0 Å². The van der Waals surface area contributed by atoms with Crippen LogP contribution in [0.2, 0.25) is 0 Å². The summed E-state index contributed by atoms with van der Waals surface area (Å²) >= 11 is 0. The lowest BCUT2D eigenvalue weighted by Crippen LogP contribution is -2.44. The standard InChI is InChI=1S/C10H12N2O3/c1-12-9-7(3-2-5-11-9)15-8(4-6-13)10(12)14/h2-3,5,8,13H,4,6H2,1H3. The molecule has 0 radical (unpaired) electrons. The maximum Gasteiger partial charge on any atom is 0.269 e. The minimum atomic E-state index is -0.600. The highest BCUT2D eigenvalue weighted by Crippen LogP contribution is 2.30. The fraction of sp³-hybridized carbons (Fsp3) is 0.400. The van der Waals surface area contributed by atoms with Crippen LogP contribution in [0.3, 0.4) is 0 Å². The zero-order chi connectivity index (χ0) is 10.8. The lowest BCUT2D eigenvalue weighted by Gasteiger charge is -2.30. The van der Waals surface area contributed by atoms with Gasteiger partial charge in [0.1, 0.15) is 0 Å². The highest BCUT2D eigenvalue weighted by atomic mass is 16.5. The van der Waals surface area contributed by atoms with Crippen LogP contribution in [0.15, 0.2) is 18.3 Å². The van der Waals surface area contributed by atoms with E-state index in [-0.39, 0.29) is 12.5 Å². The summed E-state index contributed by atoms with van der Waals surface area (Å²) in [6.07, 6.45) is 1.31. The number of carbonyl (C=O) groups is 1. The van der Waals surface area contributed by atoms with E-state index in [1.165, 1.54) is 4.90 Å². The lowest BCUT2D eigenvalue weighted by atomic mass is 10.2. The van der Waals surface area contributed by atoms with Crippen molar-refractivity contribution >= 4 is 11.7 Å². The Hall–Kier alpha value is -1.62. The minimum absolute atomic E-state index is 0.0696. The van der Waals surface area contributed by atoms with Crippen LogP contribution in [0.1, 0.15) is 6.42 Å². The zero-order valence-corrected chi connectivity index (χ0v) is 8.38. The monoisotopic (exact) mass is 208 g/mol. The summed E-state index contributed by atoms with van der Waals surface area (Å²) in [5, 5.41) is 8.80. The number of hydrogen-bond acceptors (Lipinski definition) is 4. The van der Waals surface area contributed by atoms with Crippen LogP contribution in [-0.2, 0) is 4.79 Å². The zero-order valence-electron chi connectivity index (χ0n) is 8.38. The SMILES string of the molecule is CN1C(=O)C(CCO)Oc2cccnc21. The van der Waals surface area contributed by atoms with Gasteiger partial charge in [0.2, 0.25) is 0 Å². The van der Waals surface area contributed by atoms with Gasteiger partial charge in [-0.15, -0.1) is 0 Å². The van der Waals surface area contributed by atoms with Crippen LogP contribution < -0.4 is 9.64 Å². The highest BCUT2D eigenvalue weighted by Gasteiger charge is 2.32. The number of amides is 1. The van der Waals surface area contributed by atoms with Crippen LogP contribution in [0.5, 0.6) is 5.75 Å². The summed E-state index contributed by atoms with van der Waals surface area (Å²) in [5.74, 6) is 0.935. The Balaban J connectivity index is 2.32. The number of carbonyl (C=O) groups excluding carboxylic acids is 1. The van der Waals surface area contributed by atoms with Gasteiger partial charge in [0.05, 0.1) is 0 Å². The van der Waals surface area contributed by atoms with E-state index < -0.39 is 6.10 Å². The van der Waals surface area contributed by atoms with Gasteiger partial charge in [-0.05, 0) is 12.1 Å². The van der Waals surface area contributed by atoms with E-state index in [1.807, 2.05) is 0 Å². The van der Waals surface area contributed by atoms with Gasteiger partial charge < -0.3 is 9.84 Å². The number of aromatic nitrogens is 1. The Labute approximate surface area is 87.3 Å². The van der Waals surface area contributed by atoms with Crippen LogP contribution in [-0.4, -0.2) is 35.8 Å². The number of anilines is 1. The summed E-state index contributed by atoms with van der Waals surface area (Å²) in [7, 11) is 1.65. The molecule has 1 aliphatic heterocycles. The van der Waals surface area contributed by atoms with Crippen molar-refractivity contribution in [2.45, 2.75) is 12.5 Å². The van der Waals surface area contributed by atoms with Crippen molar-refractivity contribution in [1.82, 2.24) is 4.98 Å². The second-order valence-electron chi connectivity index (χ2n) is 3.34. The summed E-state index contributed by atoms with van der Waals surface area (Å²) in [4.78, 5) is 17.2. The van der Waals surface area contributed by atoms with E-state index in [0.29, 0.717) is 18.0 Å². The molecular formula is C10H12N2O3. The molecule has 5 heteroatoms. The van der Waals surface area contributed by atoms with Crippen LogP contribution in [0.4, 0.5) is 5.82 Å². The highest BCUT2D eigenvalue weighted by molar-refractivity contribution is 5.98. The van der Waals surface area contributed by atoms with E-state index in [9.17, 15) is 4.79 Å². The molecule has 0 aromatic carbocycles. The third-order valence-corrected chi connectivity index (χ3v) is 2.34. The van der Waals surface area contributed by atoms with Gasteiger partial charge in [-0.2, -0.15) is 0 Å². The number of pyridine rings is 1. The second-order valence-corrected chi connectivity index (χ2v) is 3.34. The lowest BCUT2D eigenvalue weighted by molar-refractivity contribution is -0.126. The molecule has 0 spiro atoms. The number of nitrogens with zero attached hydrogens (tertiary/aromatic N) is 2. The average molecular weight is 208 g/mol. The molecule has 1 unspecified atom stereocenters. The van der Waals surface area contributed by atoms with Crippen molar-refractivity contribution in [3.63, 3.8) is 0 Å². The minimum Gasteiger partial charge on any atom is -0.477 e. The fourth-order valence-corrected chi connectivity index (χ4v) is 1.55. The maximum atomic E-state index is 11.7. The smallest absolute Gasteiger partial charge is 0.269 e. The van der Waals surface area contributed by atoms with E-state index >= 15 is 0 Å². The molecule has 2 heterocycles. The summed E-state index contributed by atoms with van der Waals surface area (Å²) in [6.45, 7) is -0.0696. The molecule has 80 valence electrons. The molecule has 0 saturated carbocycles. The topological polar surface area (TPSA) is 62.7 Å².